The van der Waals surface area contributed by atoms with E-state index in [1.165, 1.54) is 6.08 Å². The zero-order chi connectivity index (χ0) is 12.5. The molecule has 1 amide bonds. The first kappa shape index (κ1) is 13.4. The maximum atomic E-state index is 11.3. The number of hydrogen-bond acceptors (Lipinski definition) is 3. The number of benzene rings is 1. The Balaban J connectivity index is 2.40. The number of carbonyl (C=O) groups is 1. The van der Waals surface area contributed by atoms with Crippen LogP contribution in [0.1, 0.15) is 12.5 Å². The van der Waals surface area contributed by atoms with Gasteiger partial charge in [0.15, 0.2) is 6.10 Å². The van der Waals surface area contributed by atoms with Gasteiger partial charge in [-0.2, -0.15) is 0 Å². The molecule has 0 bridgehead atoms. The normalized spacial score (nSPS) is 12.6. The molecule has 4 heteroatoms. The van der Waals surface area contributed by atoms with Crippen LogP contribution >= 0.6 is 0 Å². The van der Waals surface area contributed by atoms with Gasteiger partial charge in [0.05, 0.1) is 0 Å². The van der Waals surface area contributed by atoms with E-state index in [2.05, 4.69) is 5.32 Å². The zero-order valence-electron chi connectivity index (χ0n) is 9.80. The lowest BCUT2D eigenvalue weighted by Gasteiger charge is -2.07. The van der Waals surface area contributed by atoms with Crippen molar-refractivity contribution in [2.45, 2.75) is 13.0 Å². The Labute approximate surface area is 101 Å². The Kier molecular flexibility index (Phi) is 5.99. The Morgan fingerprint density at radius 1 is 1.47 bits per heavy atom. The van der Waals surface area contributed by atoms with Crippen molar-refractivity contribution in [2.24, 2.45) is 0 Å². The van der Waals surface area contributed by atoms with Crippen molar-refractivity contribution in [3.05, 3.63) is 42.0 Å². The van der Waals surface area contributed by atoms with Crippen LogP contribution in [-0.2, 0) is 9.53 Å². The molecule has 1 aromatic rings. The molecule has 0 fully saturated rings. The van der Waals surface area contributed by atoms with E-state index in [-0.39, 0.29) is 6.73 Å². The smallest absolute Gasteiger partial charge is 0.254 e. The summed E-state index contributed by atoms with van der Waals surface area (Å²) in [5, 5.41) is 12.0. The van der Waals surface area contributed by atoms with Crippen molar-refractivity contribution in [3.63, 3.8) is 0 Å². The van der Waals surface area contributed by atoms with Crippen LogP contribution in [0.15, 0.2) is 36.4 Å². The highest BCUT2D eigenvalue weighted by Crippen LogP contribution is 2.02. The number of nitrogens with one attached hydrogen (secondary N) is 1. The first-order chi connectivity index (χ1) is 8.24. The van der Waals surface area contributed by atoms with E-state index in [4.69, 9.17) is 4.74 Å². The topological polar surface area (TPSA) is 58.6 Å². The van der Waals surface area contributed by atoms with Gasteiger partial charge in [0.2, 0.25) is 0 Å². The largest absolute Gasteiger partial charge is 0.379 e. The number of amides is 1. The maximum absolute atomic E-state index is 11.3. The van der Waals surface area contributed by atoms with Gasteiger partial charge >= 0.3 is 0 Å². The number of rotatable bonds is 6. The Morgan fingerprint density at radius 3 is 2.82 bits per heavy atom. The van der Waals surface area contributed by atoms with Gasteiger partial charge < -0.3 is 15.2 Å². The number of hydrogen-bond donors (Lipinski definition) is 2. The standard InChI is InChI=1S/C13H17NO3/c1-2-17-10-14-13(16)12(15)9-8-11-6-4-3-5-7-11/h3-9,12,15H,2,10H2,1H3,(H,14,16)/b9-8+/t12-/m0/s1. The van der Waals surface area contributed by atoms with Crippen LogP contribution in [0.4, 0.5) is 0 Å². The minimum absolute atomic E-state index is 0.117. The quantitative estimate of drug-likeness (QED) is 0.575. The van der Waals surface area contributed by atoms with Crippen LogP contribution in [0.25, 0.3) is 6.08 Å². The molecule has 0 aliphatic heterocycles. The molecular weight excluding hydrogens is 218 g/mol. The molecule has 17 heavy (non-hydrogen) atoms. The fourth-order valence-corrected chi connectivity index (χ4v) is 1.18. The average Bonchev–Trinajstić information content (AvgIpc) is 2.37. The van der Waals surface area contributed by atoms with Crippen molar-refractivity contribution < 1.29 is 14.6 Å². The summed E-state index contributed by atoms with van der Waals surface area (Å²) >= 11 is 0. The summed E-state index contributed by atoms with van der Waals surface area (Å²) in [6, 6.07) is 9.47. The molecule has 0 spiro atoms. The average molecular weight is 235 g/mol. The van der Waals surface area contributed by atoms with E-state index < -0.39 is 12.0 Å². The highest BCUT2D eigenvalue weighted by atomic mass is 16.5. The molecule has 0 radical (unpaired) electrons. The van der Waals surface area contributed by atoms with E-state index in [9.17, 15) is 9.90 Å². The number of ether oxygens (including phenoxy) is 1. The fourth-order valence-electron chi connectivity index (χ4n) is 1.18. The van der Waals surface area contributed by atoms with Crippen LogP contribution in [0.3, 0.4) is 0 Å². The molecule has 0 heterocycles. The van der Waals surface area contributed by atoms with E-state index >= 15 is 0 Å². The van der Waals surface area contributed by atoms with Gasteiger partial charge in [0, 0.05) is 6.61 Å². The maximum Gasteiger partial charge on any atom is 0.254 e. The Bertz CT molecular complexity index is 362. The lowest BCUT2D eigenvalue weighted by molar-refractivity contribution is -0.128. The van der Waals surface area contributed by atoms with Crippen LogP contribution in [0, 0.1) is 0 Å². The van der Waals surface area contributed by atoms with E-state index in [1.807, 2.05) is 37.3 Å². The van der Waals surface area contributed by atoms with Gasteiger partial charge in [-0.1, -0.05) is 36.4 Å². The van der Waals surface area contributed by atoms with Crippen molar-refractivity contribution >= 4 is 12.0 Å². The molecule has 1 atom stereocenters. The lowest BCUT2D eigenvalue weighted by atomic mass is 10.2. The van der Waals surface area contributed by atoms with E-state index in [0.29, 0.717) is 6.61 Å². The summed E-state index contributed by atoms with van der Waals surface area (Å²) in [4.78, 5) is 11.3. The summed E-state index contributed by atoms with van der Waals surface area (Å²) in [6.45, 7) is 2.47. The predicted molar refractivity (Wildman–Crippen MR) is 66.1 cm³/mol. The zero-order valence-corrected chi connectivity index (χ0v) is 9.80. The van der Waals surface area contributed by atoms with Crippen molar-refractivity contribution in [2.75, 3.05) is 13.3 Å². The van der Waals surface area contributed by atoms with Gasteiger partial charge in [-0.05, 0) is 18.6 Å². The summed E-state index contributed by atoms with van der Waals surface area (Å²) in [5.41, 5.74) is 0.934. The summed E-state index contributed by atoms with van der Waals surface area (Å²) in [5.74, 6) is -0.467. The molecular formula is C13H17NO3. The molecule has 0 aliphatic rings. The molecule has 2 N–H and O–H groups in total. The molecule has 1 rings (SSSR count). The second-order valence-electron chi connectivity index (χ2n) is 3.39. The van der Waals surface area contributed by atoms with Gasteiger partial charge in [0.1, 0.15) is 6.73 Å². The highest BCUT2D eigenvalue weighted by molar-refractivity contribution is 5.83. The summed E-state index contributed by atoms with van der Waals surface area (Å²) in [7, 11) is 0. The number of aliphatic hydroxyl groups excluding tert-OH is 1. The fraction of sp³-hybridized carbons (Fsp3) is 0.308. The summed E-state index contributed by atoms with van der Waals surface area (Å²) < 4.78 is 4.95. The van der Waals surface area contributed by atoms with Crippen LogP contribution < -0.4 is 5.32 Å². The van der Waals surface area contributed by atoms with Gasteiger partial charge in [-0.15, -0.1) is 0 Å². The second-order valence-corrected chi connectivity index (χ2v) is 3.39. The minimum atomic E-state index is -1.16. The molecule has 0 aliphatic carbocycles. The Morgan fingerprint density at radius 2 is 2.18 bits per heavy atom. The monoisotopic (exact) mass is 235 g/mol. The number of carbonyl (C=O) groups excluding carboxylic acids is 1. The van der Waals surface area contributed by atoms with E-state index in [1.54, 1.807) is 6.08 Å². The molecule has 0 aromatic heterocycles. The third-order valence-corrected chi connectivity index (χ3v) is 2.09. The van der Waals surface area contributed by atoms with Crippen molar-refractivity contribution in [3.8, 4) is 0 Å². The summed E-state index contributed by atoms with van der Waals surface area (Å²) in [6.07, 6.45) is 1.98. The van der Waals surface area contributed by atoms with Crippen molar-refractivity contribution in [1.29, 1.82) is 0 Å². The molecule has 0 unspecified atom stereocenters. The lowest BCUT2D eigenvalue weighted by Crippen LogP contribution is -2.34. The molecule has 0 saturated heterocycles. The highest BCUT2D eigenvalue weighted by Gasteiger charge is 2.09. The molecule has 0 saturated carbocycles. The van der Waals surface area contributed by atoms with Crippen LogP contribution in [0.5, 0.6) is 0 Å². The van der Waals surface area contributed by atoms with E-state index in [0.717, 1.165) is 5.56 Å². The predicted octanol–water partition coefficient (Wildman–Crippen LogP) is 1.17. The second kappa shape index (κ2) is 7.60. The molecule has 1 aromatic carbocycles. The van der Waals surface area contributed by atoms with Gasteiger partial charge in [-0.25, -0.2) is 0 Å². The van der Waals surface area contributed by atoms with Gasteiger partial charge in [-0.3, -0.25) is 4.79 Å². The number of aliphatic hydroxyl groups is 1. The van der Waals surface area contributed by atoms with Gasteiger partial charge in [0.25, 0.3) is 5.91 Å². The van der Waals surface area contributed by atoms with Crippen LogP contribution in [0.2, 0.25) is 0 Å². The molecule has 4 nitrogen and oxygen atoms in total. The SMILES string of the molecule is CCOCNC(=O)[C@@H](O)/C=C/c1ccccc1. The van der Waals surface area contributed by atoms with Crippen molar-refractivity contribution in [1.82, 2.24) is 5.32 Å². The molecule has 92 valence electrons. The minimum Gasteiger partial charge on any atom is -0.379 e. The van der Waals surface area contributed by atoms with Crippen LogP contribution in [-0.4, -0.2) is 30.5 Å². The first-order valence-electron chi connectivity index (χ1n) is 5.51. The third-order valence-electron chi connectivity index (χ3n) is 2.09. The first-order valence-corrected chi connectivity index (χ1v) is 5.51. The Hall–Kier alpha value is -1.65. The third kappa shape index (κ3) is 5.29.